The standard InChI is InChI=1S/C29H32O9/c1-14(2)10-22(31)38-29(5)25-21(36-27(32)17-8-9-19(34-6)20(13-17)35-7)12-16(4)23-18(30)11-15(3)24(23)26(25)37-28(29)33/h8-11,13,21,24-26H,12H2,1-7H3. The van der Waals surface area contributed by atoms with Gasteiger partial charge in [0, 0.05) is 24.0 Å². The van der Waals surface area contributed by atoms with Crippen LogP contribution in [0.2, 0.25) is 0 Å². The SMILES string of the molecule is COc1ccc(C(=O)OC2CC(C)=C3C(=O)C=C(C)C3C3OC(=O)C(C)(OC(=O)C=C(C)C)C23)cc1OC. The van der Waals surface area contributed by atoms with E-state index in [-0.39, 0.29) is 17.8 Å². The maximum atomic E-state index is 13.4. The van der Waals surface area contributed by atoms with E-state index >= 15 is 0 Å². The Morgan fingerprint density at radius 1 is 1.08 bits per heavy atom. The van der Waals surface area contributed by atoms with Crippen molar-refractivity contribution in [1.82, 2.24) is 0 Å². The highest BCUT2D eigenvalue weighted by molar-refractivity contribution is 6.09. The minimum absolute atomic E-state index is 0.158. The first-order chi connectivity index (χ1) is 17.9. The van der Waals surface area contributed by atoms with Gasteiger partial charge < -0.3 is 23.7 Å². The molecule has 1 saturated heterocycles. The number of carbonyl (C=O) groups is 4. The Balaban J connectivity index is 1.77. The molecule has 1 fully saturated rings. The van der Waals surface area contributed by atoms with Crippen LogP contribution < -0.4 is 9.47 Å². The summed E-state index contributed by atoms with van der Waals surface area (Å²) in [5.74, 6) is -2.90. The van der Waals surface area contributed by atoms with Crippen molar-refractivity contribution < 1.29 is 42.9 Å². The minimum atomic E-state index is -1.75. The molecule has 0 bridgehead atoms. The van der Waals surface area contributed by atoms with Gasteiger partial charge in [-0.15, -0.1) is 0 Å². The molecule has 202 valence electrons. The summed E-state index contributed by atoms with van der Waals surface area (Å²) in [7, 11) is 2.94. The van der Waals surface area contributed by atoms with E-state index in [1.54, 1.807) is 39.8 Å². The normalized spacial score (nSPS) is 27.9. The lowest BCUT2D eigenvalue weighted by atomic mass is 9.77. The van der Waals surface area contributed by atoms with E-state index in [0.717, 1.165) is 11.1 Å². The van der Waals surface area contributed by atoms with Crippen molar-refractivity contribution >= 4 is 23.7 Å². The van der Waals surface area contributed by atoms with Crippen LogP contribution in [0.15, 0.2) is 52.6 Å². The smallest absolute Gasteiger partial charge is 0.351 e. The number of benzene rings is 1. The Kier molecular flexibility index (Phi) is 7.23. The fourth-order valence-corrected chi connectivity index (χ4v) is 5.67. The fourth-order valence-electron chi connectivity index (χ4n) is 5.67. The Bertz CT molecular complexity index is 1300. The monoisotopic (exact) mass is 524 g/mol. The van der Waals surface area contributed by atoms with Crippen molar-refractivity contribution in [1.29, 1.82) is 0 Å². The van der Waals surface area contributed by atoms with Gasteiger partial charge in [-0.2, -0.15) is 0 Å². The Morgan fingerprint density at radius 3 is 2.39 bits per heavy atom. The molecule has 0 spiro atoms. The Hall–Kier alpha value is -3.88. The molecule has 0 aromatic heterocycles. The number of rotatable bonds is 6. The third-order valence-corrected chi connectivity index (χ3v) is 7.36. The van der Waals surface area contributed by atoms with Crippen molar-refractivity contribution in [3.8, 4) is 11.5 Å². The number of carbonyl (C=O) groups excluding carboxylic acids is 4. The third kappa shape index (κ3) is 4.61. The molecule has 3 aliphatic rings. The molecule has 5 atom stereocenters. The first-order valence-corrected chi connectivity index (χ1v) is 12.3. The highest BCUT2D eigenvalue weighted by Crippen LogP contribution is 2.51. The Morgan fingerprint density at radius 2 is 1.76 bits per heavy atom. The highest BCUT2D eigenvalue weighted by atomic mass is 16.6. The van der Waals surface area contributed by atoms with Crippen molar-refractivity contribution in [2.45, 2.75) is 58.8 Å². The number of esters is 3. The minimum Gasteiger partial charge on any atom is -0.493 e. The summed E-state index contributed by atoms with van der Waals surface area (Å²) >= 11 is 0. The van der Waals surface area contributed by atoms with Crippen molar-refractivity contribution in [2.24, 2.45) is 11.8 Å². The zero-order chi connectivity index (χ0) is 27.9. The lowest BCUT2D eigenvalue weighted by Gasteiger charge is -2.34. The van der Waals surface area contributed by atoms with Crippen LogP contribution in [0, 0.1) is 11.8 Å². The molecule has 0 N–H and O–H groups in total. The van der Waals surface area contributed by atoms with E-state index in [1.165, 1.54) is 39.4 Å². The number of hydrogen-bond donors (Lipinski definition) is 0. The summed E-state index contributed by atoms with van der Waals surface area (Å²) in [6.45, 7) is 8.55. The van der Waals surface area contributed by atoms with Crippen LogP contribution >= 0.6 is 0 Å². The summed E-state index contributed by atoms with van der Waals surface area (Å²) in [6, 6.07) is 4.62. The zero-order valence-corrected chi connectivity index (χ0v) is 22.6. The first kappa shape index (κ1) is 27.2. The topological polar surface area (TPSA) is 114 Å². The molecule has 38 heavy (non-hydrogen) atoms. The molecule has 2 aliphatic carbocycles. The molecule has 4 rings (SSSR count). The highest BCUT2D eigenvalue weighted by Gasteiger charge is 2.65. The van der Waals surface area contributed by atoms with Crippen LogP contribution in [-0.2, 0) is 28.6 Å². The maximum absolute atomic E-state index is 13.4. The summed E-state index contributed by atoms with van der Waals surface area (Å²) in [4.78, 5) is 52.3. The second-order valence-corrected chi connectivity index (χ2v) is 10.3. The number of allylic oxidation sites excluding steroid dienone is 2. The molecule has 1 aromatic carbocycles. The quantitative estimate of drug-likeness (QED) is 0.310. The van der Waals surface area contributed by atoms with E-state index in [9.17, 15) is 19.2 Å². The number of ether oxygens (including phenoxy) is 5. The number of fused-ring (bicyclic) bond motifs is 3. The van der Waals surface area contributed by atoms with Crippen LogP contribution in [0.3, 0.4) is 0 Å². The van der Waals surface area contributed by atoms with Gasteiger partial charge in [-0.1, -0.05) is 16.7 Å². The van der Waals surface area contributed by atoms with E-state index in [1.807, 2.05) is 0 Å². The molecular formula is C29H32O9. The van der Waals surface area contributed by atoms with Crippen LogP contribution in [-0.4, -0.2) is 55.7 Å². The summed E-state index contributed by atoms with van der Waals surface area (Å²) < 4.78 is 28.1. The van der Waals surface area contributed by atoms with E-state index in [2.05, 4.69) is 0 Å². The predicted molar refractivity (Wildman–Crippen MR) is 136 cm³/mol. The predicted octanol–water partition coefficient (Wildman–Crippen LogP) is 3.90. The average molecular weight is 525 g/mol. The number of ketones is 1. The molecule has 0 radical (unpaired) electrons. The second-order valence-electron chi connectivity index (χ2n) is 10.3. The van der Waals surface area contributed by atoms with Gasteiger partial charge in [-0.05, 0) is 58.9 Å². The molecule has 1 aromatic rings. The van der Waals surface area contributed by atoms with Gasteiger partial charge in [0.2, 0.25) is 5.60 Å². The molecule has 9 nitrogen and oxygen atoms in total. The van der Waals surface area contributed by atoms with Gasteiger partial charge in [0.1, 0.15) is 12.2 Å². The maximum Gasteiger partial charge on any atom is 0.351 e. The molecule has 0 amide bonds. The molecule has 9 heteroatoms. The van der Waals surface area contributed by atoms with Gasteiger partial charge in [0.25, 0.3) is 0 Å². The first-order valence-electron chi connectivity index (χ1n) is 12.3. The average Bonchev–Trinajstić information content (AvgIpc) is 3.22. The lowest BCUT2D eigenvalue weighted by Crippen LogP contribution is -2.50. The fraction of sp³-hybridized carbons (Fsp3) is 0.448. The van der Waals surface area contributed by atoms with Gasteiger partial charge in [-0.25, -0.2) is 14.4 Å². The van der Waals surface area contributed by atoms with Gasteiger partial charge >= 0.3 is 17.9 Å². The molecule has 0 saturated carbocycles. The van der Waals surface area contributed by atoms with Crippen LogP contribution in [0.4, 0.5) is 0 Å². The van der Waals surface area contributed by atoms with E-state index in [4.69, 9.17) is 23.7 Å². The molecular weight excluding hydrogens is 492 g/mol. The molecule has 1 aliphatic heterocycles. The molecule has 1 heterocycles. The Labute approximate surface area is 221 Å². The van der Waals surface area contributed by atoms with Crippen molar-refractivity contribution in [3.63, 3.8) is 0 Å². The van der Waals surface area contributed by atoms with Crippen molar-refractivity contribution in [3.05, 3.63) is 58.2 Å². The molecule has 5 unspecified atom stereocenters. The van der Waals surface area contributed by atoms with Crippen LogP contribution in [0.25, 0.3) is 0 Å². The largest absolute Gasteiger partial charge is 0.493 e. The van der Waals surface area contributed by atoms with Gasteiger partial charge in [-0.3, -0.25) is 4.79 Å². The summed E-state index contributed by atoms with van der Waals surface area (Å²) in [5, 5.41) is 0. The van der Waals surface area contributed by atoms with Crippen LogP contribution in [0.1, 0.15) is 51.4 Å². The van der Waals surface area contributed by atoms with Gasteiger partial charge in [0.15, 0.2) is 17.3 Å². The van der Waals surface area contributed by atoms with E-state index < -0.39 is 47.6 Å². The number of hydrogen-bond acceptors (Lipinski definition) is 9. The summed E-state index contributed by atoms with van der Waals surface area (Å²) in [6.07, 6.45) is 1.17. The van der Waals surface area contributed by atoms with Crippen LogP contribution in [0.5, 0.6) is 11.5 Å². The number of methoxy groups -OCH3 is 2. The lowest BCUT2D eigenvalue weighted by molar-refractivity contribution is -0.172. The third-order valence-electron chi connectivity index (χ3n) is 7.36. The second kappa shape index (κ2) is 10.1. The van der Waals surface area contributed by atoms with E-state index in [0.29, 0.717) is 22.6 Å². The summed E-state index contributed by atoms with van der Waals surface area (Å²) in [5.41, 5.74) is 1.13. The van der Waals surface area contributed by atoms with Crippen molar-refractivity contribution in [2.75, 3.05) is 14.2 Å². The van der Waals surface area contributed by atoms with Gasteiger partial charge in [0.05, 0.1) is 25.7 Å². The zero-order valence-electron chi connectivity index (χ0n) is 22.6.